The van der Waals surface area contributed by atoms with E-state index < -0.39 is 10.2 Å². The number of benzene rings is 2. The monoisotopic (exact) mass is 601 g/mol. The normalized spacial score (nSPS) is 13.0. The average Bonchev–Trinajstić information content (AvgIpc) is 2.88. The average molecular weight is 600 g/mol. The number of hydrogen-bond donors (Lipinski definition) is 3. The first kappa shape index (κ1) is 28.6. The molecular formula is C24H19CdN6O6-3. The molecule has 4 aliphatic rings. The van der Waals surface area contributed by atoms with Crippen LogP contribution >= 0.6 is 0 Å². The number of fused-ring (bicyclic) bond motifs is 6. The van der Waals surface area contributed by atoms with Crippen molar-refractivity contribution in [2.24, 2.45) is 0 Å². The number of hydrogen-bond acceptors (Lipinski definition) is 3. The molecule has 0 aliphatic carbocycles. The van der Waals surface area contributed by atoms with Gasteiger partial charge in [0, 0.05) is 27.3 Å². The van der Waals surface area contributed by atoms with E-state index in [0.717, 1.165) is 43.6 Å². The van der Waals surface area contributed by atoms with E-state index in [2.05, 4.69) is 69.8 Å². The van der Waals surface area contributed by atoms with Crippen molar-refractivity contribution in [1.82, 2.24) is 0 Å². The van der Waals surface area contributed by atoms with Crippen LogP contribution in [0.3, 0.4) is 0 Å². The Bertz CT molecular complexity index is 1310. The summed E-state index contributed by atoms with van der Waals surface area (Å²) < 4.78 is 0. The molecule has 4 aliphatic heterocycles. The Morgan fingerprint density at radius 3 is 0.919 bits per heavy atom. The van der Waals surface area contributed by atoms with Crippen molar-refractivity contribution < 1.29 is 53.1 Å². The summed E-state index contributed by atoms with van der Waals surface area (Å²) in [5.74, 6) is 0. The van der Waals surface area contributed by atoms with Crippen molar-refractivity contribution in [2.45, 2.75) is 0 Å². The predicted octanol–water partition coefficient (Wildman–Crippen LogP) is 3.82. The van der Waals surface area contributed by atoms with Crippen LogP contribution in [-0.2, 0) is 27.3 Å². The van der Waals surface area contributed by atoms with Crippen LogP contribution < -0.4 is 20.9 Å². The fourth-order valence-corrected chi connectivity index (χ4v) is 3.36. The summed E-state index contributed by atoms with van der Waals surface area (Å²) in [5, 5.41) is 48.1. The molecule has 13 heteroatoms. The maximum Gasteiger partial charge on any atom is 0.472 e. The van der Waals surface area contributed by atoms with Gasteiger partial charge in [-0.05, 0) is 20.9 Å². The van der Waals surface area contributed by atoms with Crippen LogP contribution in [0.25, 0.3) is 45.6 Å². The zero-order valence-electron chi connectivity index (χ0n) is 19.2. The molecule has 186 valence electrons. The van der Waals surface area contributed by atoms with Gasteiger partial charge in [0.2, 0.25) is 0 Å². The second kappa shape index (κ2) is 14.1. The maximum atomic E-state index is 8.47. The van der Waals surface area contributed by atoms with Crippen LogP contribution in [0.15, 0.2) is 73.4 Å². The number of allylic oxidation sites excluding steroid dienone is 4. The Kier molecular flexibility index (Phi) is 10.9. The summed E-state index contributed by atoms with van der Waals surface area (Å²) in [6, 6.07) is 8.30. The van der Waals surface area contributed by atoms with Gasteiger partial charge in [0.25, 0.3) is 5.09 Å². The minimum Gasteiger partial charge on any atom is -0.665 e. The molecule has 0 spiro atoms. The first-order valence-corrected chi connectivity index (χ1v) is 10.2. The Balaban J connectivity index is 0.000000199. The molecule has 0 amide bonds. The standard InChI is InChI=1S/2C12H8N2.Cd.H2NO3.HNO3/c2*1-3-9-5-6-10-4-2-8-14-12(10)11(9)13-7-1;;2*2-1(3)4/h2*1-8H;;(H2,2,3,4);(H,2,3,4)/q2*-2;;+1;. The summed E-state index contributed by atoms with van der Waals surface area (Å²) >= 11 is 0. The molecule has 3 N–H and O–H groups in total. The number of rotatable bonds is 0. The van der Waals surface area contributed by atoms with Crippen LogP contribution in [0.2, 0.25) is 0 Å². The van der Waals surface area contributed by atoms with Crippen LogP contribution in [0.5, 0.6) is 0 Å². The van der Waals surface area contributed by atoms with Crippen molar-refractivity contribution in [2.75, 3.05) is 0 Å². The summed E-state index contributed by atoms with van der Waals surface area (Å²) in [6.07, 6.45) is 23.2. The zero-order valence-corrected chi connectivity index (χ0v) is 23.2. The van der Waals surface area contributed by atoms with E-state index in [9.17, 15) is 0 Å². The van der Waals surface area contributed by atoms with Gasteiger partial charge < -0.3 is 26.5 Å². The molecule has 4 heterocycles. The van der Waals surface area contributed by atoms with Crippen LogP contribution in [-0.4, -0.2) is 25.8 Å². The molecule has 0 unspecified atom stereocenters. The smallest absolute Gasteiger partial charge is 0.472 e. The molecule has 0 atom stereocenters. The SMILES string of the molecule is C1=C[N-]c2c3c(ccc2=C1)=CC=C[N-]3.C1=C[N-]c2c3c(ccc2=C1)=CC=C[N-]3.O=[N+](O)O.O=[N+]([O-])O.[Cd]. The van der Waals surface area contributed by atoms with Gasteiger partial charge in [-0.25, -0.2) is 10.4 Å². The summed E-state index contributed by atoms with van der Waals surface area (Å²) in [7, 11) is 0. The molecule has 6 rings (SSSR count). The molecule has 12 nitrogen and oxygen atoms in total. The van der Waals surface area contributed by atoms with E-state index in [-0.39, 0.29) is 27.3 Å². The van der Waals surface area contributed by atoms with Gasteiger partial charge in [-0.1, -0.05) is 72.9 Å². The number of nitrogens with zero attached hydrogens (tertiary/aromatic N) is 6. The first-order chi connectivity index (χ1) is 17.4. The minimum absolute atomic E-state index is 0. The van der Waals surface area contributed by atoms with Gasteiger partial charge in [-0.2, -0.15) is 24.8 Å². The van der Waals surface area contributed by atoms with Gasteiger partial charge in [0.15, 0.2) is 0 Å². The van der Waals surface area contributed by atoms with Gasteiger partial charge in [0.1, 0.15) is 4.91 Å². The molecule has 2 aromatic rings. The topological polar surface area (TPSA) is 180 Å². The molecule has 2 aromatic carbocycles. The van der Waals surface area contributed by atoms with Gasteiger partial charge in [-0.3, -0.25) is 0 Å². The minimum atomic E-state index is -1.50. The molecule has 0 radical (unpaired) electrons. The van der Waals surface area contributed by atoms with Crippen molar-refractivity contribution >= 4 is 47.1 Å². The van der Waals surface area contributed by atoms with Crippen molar-refractivity contribution in [3.05, 3.63) is 131 Å². The second-order valence-electron chi connectivity index (χ2n) is 6.92. The summed E-state index contributed by atoms with van der Waals surface area (Å²) in [6.45, 7) is 0. The van der Waals surface area contributed by atoms with E-state index in [0.29, 0.717) is 0 Å². The second-order valence-corrected chi connectivity index (χ2v) is 6.92. The van der Waals surface area contributed by atoms with E-state index in [1.165, 1.54) is 0 Å². The van der Waals surface area contributed by atoms with E-state index >= 15 is 0 Å². The zero-order chi connectivity index (χ0) is 25.9. The Morgan fingerprint density at radius 2 is 0.730 bits per heavy atom. The third-order valence-electron chi connectivity index (χ3n) is 4.69. The molecule has 0 bridgehead atoms. The summed E-state index contributed by atoms with van der Waals surface area (Å²) in [4.78, 5) is 16.8. The molecule has 0 saturated carbocycles. The Hall–Kier alpha value is -4.60. The summed E-state index contributed by atoms with van der Waals surface area (Å²) in [5.41, 5.74) is 3.91. The first-order valence-electron chi connectivity index (χ1n) is 10.2. The van der Waals surface area contributed by atoms with E-state index in [4.69, 9.17) is 30.6 Å². The van der Waals surface area contributed by atoms with Crippen molar-refractivity contribution in [3.63, 3.8) is 0 Å². The maximum absolute atomic E-state index is 8.47. The third-order valence-corrected chi connectivity index (χ3v) is 4.69. The van der Waals surface area contributed by atoms with E-state index in [1.807, 2.05) is 24.3 Å². The van der Waals surface area contributed by atoms with Crippen LogP contribution in [0.4, 0.5) is 22.7 Å². The van der Waals surface area contributed by atoms with Crippen LogP contribution in [0.1, 0.15) is 0 Å². The Labute approximate surface area is 230 Å². The van der Waals surface area contributed by atoms with Gasteiger partial charge in [0.05, 0.1) is 0 Å². The molecule has 0 aromatic heterocycles. The molecule has 37 heavy (non-hydrogen) atoms. The van der Waals surface area contributed by atoms with Crippen LogP contribution in [0, 0.1) is 15.0 Å². The van der Waals surface area contributed by atoms with E-state index in [1.54, 1.807) is 24.8 Å². The Morgan fingerprint density at radius 1 is 0.541 bits per heavy atom. The fourth-order valence-electron chi connectivity index (χ4n) is 3.36. The van der Waals surface area contributed by atoms with Gasteiger partial charge in [-0.15, -0.1) is 32.9 Å². The molecule has 0 fully saturated rings. The largest absolute Gasteiger partial charge is 0.665 e. The predicted molar refractivity (Wildman–Crippen MR) is 134 cm³/mol. The quantitative estimate of drug-likeness (QED) is 0.235. The molecular weight excluding hydrogens is 581 g/mol. The molecule has 0 saturated heterocycles. The van der Waals surface area contributed by atoms with Gasteiger partial charge >= 0.3 is 5.09 Å². The fraction of sp³-hybridized carbons (Fsp3) is 0. The van der Waals surface area contributed by atoms with Crippen molar-refractivity contribution in [3.8, 4) is 0 Å². The van der Waals surface area contributed by atoms with Crippen molar-refractivity contribution in [1.29, 1.82) is 0 Å². The third kappa shape index (κ3) is 8.24.